The molecule has 8 atom stereocenters. The van der Waals surface area contributed by atoms with Crippen LogP contribution in [0.1, 0.15) is 82.3 Å². The summed E-state index contributed by atoms with van der Waals surface area (Å²) in [6.07, 6.45) is 6.43. The first-order valence-corrected chi connectivity index (χ1v) is 23.3. The number of H-pyrrole nitrogens is 1. The van der Waals surface area contributed by atoms with Crippen LogP contribution in [-0.4, -0.2) is 124 Å². The van der Waals surface area contributed by atoms with E-state index in [0.29, 0.717) is 32.1 Å². The van der Waals surface area contributed by atoms with Gasteiger partial charge in [-0.25, -0.2) is 0 Å². The standard InChI is InChI=1S/C48H65N11O8/c1-28(60)55-38(24-29-10-3-2-4-11-29)45(65)58-37-15-8-21-52-44(64)36(14-7-22-53-48(50)51)57-46(66)39(26-31-27-54-35-13-6-5-12-33(31)35)56-42-30(25-32(49)18-20-41(61)62)17-19-34(42)43(63)40-16-9-23-59(40)47(37)67/h2-6,10-13,25,27,32,34,36-40,42,54,56H,7-9,14-24,26,49H2,1H3,(H,52,64)(H,55,60)(H,57,66)(H,58,65)(H,61,62)(H4,50,51,53)/b30-25+/t32-,34?,36+,37+,38+,39+,40+,42?/m1/s1. The summed E-state index contributed by atoms with van der Waals surface area (Å²) in [4.78, 5) is 101. The Bertz CT molecular complexity index is 2300. The molecule has 3 aromatic rings. The van der Waals surface area contributed by atoms with E-state index in [4.69, 9.17) is 16.9 Å². The molecule has 0 spiro atoms. The van der Waals surface area contributed by atoms with E-state index in [1.165, 1.54) is 11.8 Å². The molecule has 360 valence electrons. The van der Waals surface area contributed by atoms with E-state index in [-0.39, 0.29) is 76.3 Å². The highest BCUT2D eigenvalue weighted by molar-refractivity contribution is 5.96. The highest BCUT2D eigenvalue weighted by Gasteiger charge is 2.46. The molecule has 3 fully saturated rings. The average molecular weight is 924 g/mol. The van der Waals surface area contributed by atoms with Gasteiger partial charge in [-0.15, -0.1) is 0 Å². The third-order valence-corrected chi connectivity index (χ3v) is 12.9. The molecule has 2 aliphatic heterocycles. The summed E-state index contributed by atoms with van der Waals surface area (Å²) < 4.78 is 0. The highest BCUT2D eigenvalue weighted by atomic mass is 16.4. The molecule has 2 unspecified atom stereocenters. The van der Waals surface area contributed by atoms with Gasteiger partial charge in [-0.05, 0) is 81.4 Å². The number of nitrogens with zero attached hydrogens (tertiary/aromatic N) is 1. The van der Waals surface area contributed by atoms with Crippen LogP contribution in [-0.2, 0) is 46.4 Å². The zero-order chi connectivity index (χ0) is 48.0. The van der Waals surface area contributed by atoms with Crippen LogP contribution in [0.4, 0.5) is 0 Å². The number of nitrogens with two attached hydrogens (primary N) is 2. The van der Waals surface area contributed by atoms with Crippen LogP contribution in [0.25, 0.3) is 10.9 Å². The van der Waals surface area contributed by atoms with Gasteiger partial charge in [0.25, 0.3) is 0 Å². The number of hydrogen-bond donors (Lipinski definition) is 11. The lowest BCUT2D eigenvalue weighted by Gasteiger charge is -2.33. The number of nitrogens with one attached hydrogen (secondary N) is 8. The Kier molecular flexibility index (Phi) is 17.6. The minimum atomic E-state index is -1.12. The minimum absolute atomic E-state index is 0.0789. The number of para-hydroxylation sites is 1. The molecular weight excluding hydrogens is 859 g/mol. The first-order chi connectivity index (χ1) is 32.2. The summed E-state index contributed by atoms with van der Waals surface area (Å²) in [6, 6.07) is 10.4. The van der Waals surface area contributed by atoms with E-state index >= 15 is 4.79 Å². The van der Waals surface area contributed by atoms with Gasteiger partial charge in [0.05, 0.1) is 12.1 Å². The van der Waals surface area contributed by atoms with Crippen molar-refractivity contribution in [3.05, 3.63) is 83.6 Å². The number of rotatable bonds is 15. The SMILES string of the molecule is CC(=O)N[C@@H](Cc1ccccc1)C(=O)N[C@H]1CCCNC(=O)[C@H](CCCNC(=N)N)NC(=O)[C@H](Cc2c[nH]c3ccccc23)NC2/C(=C/[C@H](N)CCC(=O)O)CCC2C(=O)[C@@H]2CCCN2C1=O. The van der Waals surface area contributed by atoms with Crippen LogP contribution in [0.15, 0.2) is 72.4 Å². The lowest BCUT2D eigenvalue weighted by Crippen LogP contribution is -2.58. The quantitative estimate of drug-likeness (QED) is 0.0441. The second-order valence-corrected chi connectivity index (χ2v) is 17.8. The first-order valence-electron chi connectivity index (χ1n) is 23.3. The first kappa shape index (κ1) is 49.8. The lowest BCUT2D eigenvalue weighted by molar-refractivity contribution is -0.142. The van der Waals surface area contributed by atoms with Crippen LogP contribution in [0.5, 0.6) is 0 Å². The molecule has 1 aromatic heterocycles. The van der Waals surface area contributed by atoms with Gasteiger partial charge >= 0.3 is 5.97 Å². The van der Waals surface area contributed by atoms with Crippen LogP contribution in [0, 0.1) is 11.3 Å². The Morgan fingerprint density at radius 3 is 2.49 bits per heavy atom. The zero-order valence-electron chi connectivity index (χ0n) is 38.0. The maximum atomic E-state index is 15.1. The number of aromatic nitrogens is 1. The maximum Gasteiger partial charge on any atom is 0.303 e. The topological polar surface area (TPSA) is 307 Å². The number of carboxylic acids is 1. The van der Waals surface area contributed by atoms with E-state index in [2.05, 4.69) is 36.9 Å². The molecule has 13 N–H and O–H groups in total. The summed E-state index contributed by atoms with van der Waals surface area (Å²) in [5, 5.41) is 35.7. The molecular formula is C48H65N11O8. The number of carboxylic acid groups (broad SMARTS) is 1. The predicted octanol–water partition coefficient (Wildman–Crippen LogP) is 1.02. The molecule has 1 saturated carbocycles. The van der Waals surface area contributed by atoms with Gasteiger partial charge in [0.15, 0.2) is 11.7 Å². The Labute approximate surface area is 389 Å². The molecule has 19 nitrogen and oxygen atoms in total. The van der Waals surface area contributed by atoms with Gasteiger partial charge in [0.2, 0.25) is 29.5 Å². The van der Waals surface area contributed by atoms with Gasteiger partial charge < -0.3 is 53.0 Å². The fourth-order valence-electron chi connectivity index (χ4n) is 9.55. The third-order valence-electron chi connectivity index (χ3n) is 12.9. The molecule has 0 radical (unpaired) electrons. The van der Waals surface area contributed by atoms with E-state index in [0.717, 1.165) is 27.6 Å². The highest BCUT2D eigenvalue weighted by Crippen LogP contribution is 2.36. The molecule has 6 rings (SSSR count). The number of carbonyl (C=O) groups is 7. The molecule has 19 heteroatoms. The number of aliphatic carboxylic acids is 1. The zero-order valence-corrected chi connectivity index (χ0v) is 38.0. The fraction of sp³-hybridized carbons (Fsp3) is 0.500. The molecule has 3 heterocycles. The van der Waals surface area contributed by atoms with E-state index < -0.39 is 83.7 Å². The number of ketones is 1. The molecule has 0 bridgehead atoms. The molecule has 3 aliphatic rings. The van der Waals surface area contributed by atoms with Gasteiger partial charge in [-0.2, -0.15) is 0 Å². The second kappa shape index (κ2) is 23.7. The van der Waals surface area contributed by atoms with Crippen molar-refractivity contribution >= 4 is 58.2 Å². The number of amides is 5. The van der Waals surface area contributed by atoms with Gasteiger partial charge in [-0.3, -0.25) is 44.3 Å². The van der Waals surface area contributed by atoms with Crippen molar-refractivity contribution in [1.29, 1.82) is 5.41 Å². The number of Topliss-reactive ketones (excluding diaryl/α,β-unsaturated/α-hetero) is 1. The second-order valence-electron chi connectivity index (χ2n) is 17.8. The number of carbonyl (C=O) groups excluding carboxylic acids is 6. The molecule has 2 aromatic carbocycles. The van der Waals surface area contributed by atoms with Crippen molar-refractivity contribution in [1.82, 2.24) is 41.8 Å². The van der Waals surface area contributed by atoms with Gasteiger partial charge in [-0.1, -0.05) is 60.2 Å². The maximum absolute atomic E-state index is 15.1. The Morgan fingerprint density at radius 1 is 0.985 bits per heavy atom. The van der Waals surface area contributed by atoms with Crippen molar-refractivity contribution in [3.8, 4) is 0 Å². The van der Waals surface area contributed by atoms with Crippen LogP contribution in [0.3, 0.4) is 0 Å². The summed E-state index contributed by atoms with van der Waals surface area (Å²) in [5.41, 5.74) is 15.2. The van der Waals surface area contributed by atoms with E-state index in [1.54, 1.807) is 6.08 Å². The van der Waals surface area contributed by atoms with Crippen LogP contribution in [0.2, 0.25) is 0 Å². The normalized spacial score (nSPS) is 24.4. The summed E-state index contributed by atoms with van der Waals surface area (Å²) in [5.74, 6) is -4.62. The Hall–Kier alpha value is -6.60. The molecule has 2 saturated heterocycles. The molecule has 67 heavy (non-hydrogen) atoms. The fourth-order valence-corrected chi connectivity index (χ4v) is 9.55. The van der Waals surface area contributed by atoms with E-state index in [1.807, 2.05) is 60.8 Å². The summed E-state index contributed by atoms with van der Waals surface area (Å²) >= 11 is 0. The number of fused-ring (bicyclic) bond motifs is 3. The van der Waals surface area contributed by atoms with Crippen molar-refractivity contribution in [2.24, 2.45) is 17.4 Å². The van der Waals surface area contributed by atoms with Crippen LogP contribution < -0.4 is 43.4 Å². The number of hydrogen-bond acceptors (Lipinski definition) is 10. The van der Waals surface area contributed by atoms with Gasteiger partial charge in [0.1, 0.15) is 18.1 Å². The van der Waals surface area contributed by atoms with Crippen molar-refractivity contribution in [2.45, 2.75) is 126 Å². The predicted molar refractivity (Wildman–Crippen MR) is 251 cm³/mol. The smallest absolute Gasteiger partial charge is 0.303 e. The van der Waals surface area contributed by atoms with Crippen molar-refractivity contribution < 1.29 is 38.7 Å². The van der Waals surface area contributed by atoms with E-state index in [9.17, 15) is 33.9 Å². The lowest BCUT2D eigenvalue weighted by atomic mass is 9.89. The minimum Gasteiger partial charge on any atom is -0.481 e. The average Bonchev–Trinajstić information content (AvgIpc) is 4.06. The number of guanidine groups is 1. The Morgan fingerprint density at radius 2 is 1.75 bits per heavy atom. The number of benzene rings is 2. The van der Waals surface area contributed by atoms with Crippen LogP contribution >= 0.6 is 0 Å². The Balaban J connectivity index is 1.37. The summed E-state index contributed by atoms with van der Waals surface area (Å²) in [7, 11) is 0. The third kappa shape index (κ3) is 13.7. The number of aromatic amines is 1. The van der Waals surface area contributed by atoms with Crippen molar-refractivity contribution in [3.63, 3.8) is 0 Å². The monoisotopic (exact) mass is 924 g/mol. The largest absolute Gasteiger partial charge is 0.481 e. The van der Waals surface area contributed by atoms with Crippen molar-refractivity contribution in [2.75, 3.05) is 19.6 Å². The van der Waals surface area contributed by atoms with Gasteiger partial charge in [0, 0.05) is 74.5 Å². The molecule has 5 amide bonds. The summed E-state index contributed by atoms with van der Waals surface area (Å²) in [6.45, 7) is 1.91. The molecule has 1 aliphatic carbocycles.